The lowest BCUT2D eigenvalue weighted by atomic mass is 9.81. The second-order valence-electron chi connectivity index (χ2n) is 6.87. The van der Waals surface area contributed by atoms with Crippen LogP contribution in [0.4, 0.5) is 5.69 Å². The minimum atomic E-state index is -1.10. The second kappa shape index (κ2) is 9.78. The number of fused-ring (bicyclic) bond motifs is 1. The summed E-state index contributed by atoms with van der Waals surface area (Å²) >= 11 is 12.4. The quantitative estimate of drug-likeness (QED) is 0.573. The van der Waals surface area contributed by atoms with Crippen molar-refractivity contribution in [3.8, 4) is 0 Å². The molecule has 156 valence electrons. The molecule has 3 rings (SSSR count). The standard InChI is InChI=1S/C20H21Cl2N3O3.ClH/c21-13-8-15(22)19-14(10-17(20(27)28)25(24)16(19)9-13)18(26)7-12-3-1-11(2-4-12)5-6-23;/h1-4,8-9,14,17H,5-7,10,23-24H2,(H,27,28);1H/t14-,17-;/m1./s1. The number of aliphatic carboxylic acids is 1. The largest absolute Gasteiger partial charge is 0.480 e. The van der Waals surface area contributed by atoms with Crippen molar-refractivity contribution in [3.05, 3.63) is 63.1 Å². The maximum absolute atomic E-state index is 13.1. The van der Waals surface area contributed by atoms with Gasteiger partial charge in [-0.15, -0.1) is 12.4 Å². The molecule has 1 aliphatic rings. The van der Waals surface area contributed by atoms with Crippen molar-refractivity contribution >= 4 is 53.0 Å². The molecule has 29 heavy (non-hydrogen) atoms. The number of hydrogen-bond acceptors (Lipinski definition) is 5. The normalized spacial score (nSPS) is 18.0. The summed E-state index contributed by atoms with van der Waals surface area (Å²) in [4.78, 5) is 24.7. The minimum absolute atomic E-state index is 0. The summed E-state index contributed by atoms with van der Waals surface area (Å²) in [5.74, 6) is 4.11. The molecule has 2 aromatic carbocycles. The summed E-state index contributed by atoms with van der Waals surface area (Å²) in [7, 11) is 0. The highest BCUT2D eigenvalue weighted by Gasteiger charge is 2.40. The van der Waals surface area contributed by atoms with E-state index in [1.807, 2.05) is 24.3 Å². The molecule has 0 aliphatic carbocycles. The molecule has 1 heterocycles. The molecule has 0 saturated carbocycles. The van der Waals surface area contributed by atoms with Gasteiger partial charge in [-0.1, -0.05) is 47.5 Å². The first kappa shape index (κ1) is 23.4. The van der Waals surface area contributed by atoms with Gasteiger partial charge in [-0.3, -0.25) is 9.80 Å². The molecule has 1 aliphatic heterocycles. The van der Waals surface area contributed by atoms with Gasteiger partial charge in [-0.2, -0.15) is 0 Å². The van der Waals surface area contributed by atoms with Gasteiger partial charge in [0, 0.05) is 27.9 Å². The molecule has 0 fully saturated rings. The van der Waals surface area contributed by atoms with Gasteiger partial charge in [0.15, 0.2) is 0 Å². The van der Waals surface area contributed by atoms with E-state index in [2.05, 4.69) is 0 Å². The second-order valence-corrected chi connectivity index (χ2v) is 7.71. The Morgan fingerprint density at radius 3 is 2.34 bits per heavy atom. The first-order chi connectivity index (χ1) is 13.3. The van der Waals surface area contributed by atoms with Gasteiger partial charge >= 0.3 is 5.97 Å². The van der Waals surface area contributed by atoms with Gasteiger partial charge in [-0.05, 0) is 42.6 Å². The summed E-state index contributed by atoms with van der Waals surface area (Å²) in [6.07, 6.45) is 0.986. The number of nitrogens with zero attached hydrogens (tertiary/aromatic N) is 1. The van der Waals surface area contributed by atoms with E-state index < -0.39 is 17.9 Å². The topological polar surface area (TPSA) is 110 Å². The number of carboxylic acid groups (broad SMARTS) is 1. The van der Waals surface area contributed by atoms with E-state index in [1.54, 1.807) is 12.1 Å². The maximum Gasteiger partial charge on any atom is 0.327 e. The molecule has 5 N–H and O–H groups in total. The molecule has 9 heteroatoms. The van der Waals surface area contributed by atoms with E-state index in [0.29, 0.717) is 27.8 Å². The first-order valence-corrected chi connectivity index (χ1v) is 9.63. The number of carboxylic acids is 1. The fourth-order valence-corrected chi connectivity index (χ4v) is 4.19. The van der Waals surface area contributed by atoms with E-state index in [1.165, 1.54) is 0 Å². The molecule has 0 radical (unpaired) electrons. The van der Waals surface area contributed by atoms with Crippen molar-refractivity contribution in [2.24, 2.45) is 11.6 Å². The summed E-state index contributed by atoms with van der Waals surface area (Å²) in [5.41, 5.74) is 8.40. The van der Waals surface area contributed by atoms with Crippen molar-refractivity contribution in [3.63, 3.8) is 0 Å². The van der Waals surface area contributed by atoms with Gasteiger partial charge in [0.1, 0.15) is 11.8 Å². The Balaban J connectivity index is 0.00000300. The lowest BCUT2D eigenvalue weighted by molar-refractivity contribution is -0.139. The predicted molar refractivity (Wildman–Crippen MR) is 117 cm³/mol. The van der Waals surface area contributed by atoms with Crippen LogP contribution in [0.5, 0.6) is 0 Å². The van der Waals surface area contributed by atoms with Crippen LogP contribution in [0.2, 0.25) is 10.0 Å². The smallest absolute Gasteiger partial charge is 0.327 e. The molecule has 0 spiro atoms. The molecule has 2 atom stereocenters. The Morgan fingerprint density at radius 2 is 1.76 bits per heavy atom. The van der Waals surface area contributed by atoms with Gasteiger partial charge < -0.3 is 10.8 Å². The average molecular weight is 459 g/mol. The fourth-order valence-electron chi connectivity index (χ4n) is 3.58. The van der Waals surface area contributed by atoms with Crippen LogP contribution in [0.1, 0.15) is 29.0 Å². The Kier molecular flexibility index (Phi) is 7.91. The van der Waals surface area contributed by atoms with Gasteiger partial charge in [0.05, 0.1) is 5.69 Å². The van der Waals surface area contributed by atoms with E-state index in [-0.39, 0.29) is 31.0 Å². The average Bonchev–Trinajstić information content (AvgIpc) is 2.64. The molecule has 0 bridgehead atoms. The number of ketones is 1. The van der Waals surface area contributed by atoms with Crippen molar-refractivity contribution in [2.75, 3.05) is 11.6 Å². The molecule has 0 unspecified atom stereocenters. The highest BCUT2D eigenvalue weighted by molar-refractivity contribution is 6.36. The van der Waals surface area contributed by atoms with Crippen LogP contribution in [0.15, 0.2) is 36.4 Å². The first-order valence-electron chi connectivity index (χ1n) is 8.88. The van der Waals surface area contributed by atoms with Crippen LogP contribution in [0.3, 0.4) is 0 Å². The third-order valence-electron chi connectivity index (χ3n) is 5.00. The Hall–Kier alpha value is -1.83. The van der Waals surface area contributed by atoms with Crippen LogP contribution >= 0.6 is 35.6 Å². The van der Waals surface area contributed by atoms with Crippen molar-refractivity contribution in [2.45, 2.75) is 31.2 Å². The van der Waals surface area contributed by atoms with E-state index in [0.717, 1.165) is 22.6 Å². The molecular weight excluding hydrogens is 437 g/mol. The fraction of sp³-hybridized carbons (Fsp3) is 0.300. The number of rotatable bonds is 6. The summed E-state index contributed by atoms with van der Waals surface area (Å²) in [5, 5.41) is 11.3. The third-order valence-corrected chi connectivity index (χ3v) is 5.53. The number of carbonyl (C=O) groups excluding carboxylic acids is 1. The number of carbonyl (C=O) groups is 2. The number of benzene rings is 2. The monoisotopic (exact) mass is 457 g/mol. The molecule has 2 aromatic rings. The van der Waals surface area contributed by atoms with E-state index >= 15 is 0 Å². The summed E-state index contributed by atoms with van der Waals surface area (Å²) in [6.45, 7) is 0.560. The van der Waals surface area contributed by atoms with Crippen LogP contribution in [-0.4, -0.2) is 29.4 Å². The zero-order valence-corrected chi connectivity index (χ0v) is 17.8. The van der Waals surface area contributed by atoms with Crippen molar-refractivity contribution < 1.29 is 14.7 Å². The third kappa shape index (κ3) is 5.02. The van der Waals surface area contributed by atoms with Crippen LogP contribution < -0.4 is 16.6 Å². The molecule has 0 amide bonds. The number of anilines is 1. The maximum atomic E-state index is 13.1. The number of Topliss-reactive ketones (excluding diaryl/α,β-unsaturated/α-hetero) is 1. The highest BCUT2D eigenvalue weighted by atomic mass is 35.5. The van der Waals surface area contributed by atoms with Gasteiger partial charge in [0.25, 0.3) is 0 Å². The number of hydrazine groups is 1. The summed E-state index contributed by atoms with van der Waals surface area (Å²) in [6, 6.07) is 9.71. The summed E-state index contributed by atoms with van der Waals surface area (Å²) < 4.78 is 0. The zero-order chi connectivity index (χ0) is 20.4. The van der Waals surface area contributed by atoms with Gasteiger partial charge in [0.2, 0.25) is 0 Å². The number of nitrogens with two attached hydrogens (primary N) is 2. The predicted octanol–water partition coefficient (Wildman–Crippen LogP) is 3.35. The lowest BCUT2D eigenvalue weighted by Crippen LogP contribution is -2.51. The molecule has 6 nitrogen and oxygen atoms in total. The Labute approximate surface area is 185 Å². The number of halogens is 3. The Morgan fingerprint density at radius 1 is 1.14 bits per heavy atom. The van der Waals surface area contributed by atoms with Crippen molar-refractivity contribution in [1.82, 2.24) is 0 Å². The lowest BCUT2D eigenvalue weighted by Gasteiger charge is -2.37. The molecule has 0 saturated heterocycles. The van der Waals surface area contributed by atoms with Crippen LogP contribution in [0.25, 0.3) is 0 Å². The van der Waals surface area contributed by atoms with Crippen LogP contribution in [0, 0.1) is 0 Å². The molecular formula is C20H22Cl3N3O3. The molecule has 0 aromatic heterocycles. The Bertz CT molecular complexity index is 906. The SMILES string of the molecule is Cl.NCCc1ccc(CC(=O)[C@H]2C[C@H](C(=O)O)N(N)c3cc(Cl)cc(Cl)c32)cc1. The van der Waals surface area contributed by atoms with E-state index in [9.17, 15) is 14.7 Å². The van der Waals surface area contributed by atoms with Gasteiger partial charge in [-0.25, -0.2) is 10.6 Å². The zero-order valence-electron chi connectivity index (χ0n) is 15.5. The highest BCUT2D eigenvalue weighted by Crippen LogP contribution is 2.43. The van der Waals surface area contributed by atoms with E-state index in [4.69, 9.17) is 34.8 Å². The number of hydrogen-bond donors (Lipinski definition) is 3. The van der Waals surface area contributed by atoms with Crippen LogP contribution in [-0.2, 0) is 22.4 Å². The van der Waals surface area contributed by atoms with Crippen molar-refractivity contribution in [1.29, 1.82) is 0 Å². The minimum Gasteiger partial charge on any atom is -0.480 e.